The molecule has 14 heavy (non-hydrogen) atoms. The third kappa shape index (κ3) is 3.85. The van der Waals surface area contributed by atoms with Gasteiger partial charge in [0, 0.05) is 0 Å². The first kappa shape index (κ1) is 13.1. The van der Waals surface area contributed by atoms with Gasteiger partial charge in [-0.2, -0.15) is 0 Å². The molecule has 0 aromatic heterocycles. The van der Waals surface area contributed by atoms with Crippen molar-refractivity contribution in [3.63, 3.8) is 0 Å². The Kier molecular flexibility index (Phi) is 5.34. The van der Waals surface area contributed by atoms with Gasteiger partial charge in [0.2, 0.25) is 0 Å². The molecule has 0 unspecified atom stereocenters. The number of carbonyl (C=O) groups is 2. The second-order valence-corrected chi connectivity index (χ2v) is 3.44. The third-order valence-electron chi connectivity index (χ3n) is 2.10. The summed E-state index contributed by atoms with van der Waals surface area (Å²) >= 11 is 0. The summed E-state index contributed by atoms with van der Waals surface area (Å²) in [6.07, 6.45) is 0.753. The minimum Gasteiger partial charge on any atom is -0.391 e. The van der Waals surface area contributed by atoms with E-state index >= 15 is 0 Å². The molecule has 0 spiro atoms. The maximum Gasteiger partial charge on any atom is 0.330 e. The van der Waals surface area contributed by atoms with Crippen molar-refractivity contribution in [1.82, 2.24) is 0 Å². The molecule has 0 aromatic rings. The highest BCUT2D eigenvalue weighted by Gasteiger charge is 2.24. The normalized spacial score (nSPS) is 16.9. The predicted octanol–water partition coefficient (Wildman–Crippen LogP) is -0.223. The number of rotatable bonds is 4. The van der Waals surface area contributed by atoms with Crippen LogP contribution in [0.1, 0.15) is 27.2 Å². The van der Waals surface area contributed by atoms with Crippen molar-refractivity contribution < 1.29 is 14.3 Å². The van der Waals surface area contributed by atoms with Gasteiger partial charge in [-0.3, -0.25) is 0 Å². The standard InChI is InChI=1S/C9H18N2O3/c1-4-5(2)7(11)9(13)14-8(12)6(3)10/h5-7H,4,10-11H2,1-3H3/t5-,6-,7-/m1/s1. The predicted molar refractivity (Wildman–Crippen MR) is 52.2 cm³/mol. The maximum absolute atomic E-state index is 11.2. The van der Waals surface area contributed by atoms with Gasteiger partial charge in [-0.25, -0.2) is 9.59 Å². The van der Waals surface area contributed by atoms with Crippen LogP contribution in [0.3, 0.4) is 0 Å². The lowest BCUT2D eigenvalue weighted by atomic mass is 10.0. The SMILES string of the molecule is CC[C@@H](C)[C@@H](N)C(=O)OC(=O)[C@@H](C)N. The van der Waals surface area contributed by atoms with Crippen LogP contribution in [0.5, 0.6) is 0 Å². The summed E-state index contributed by atoms with van der Waals surface area (Å²) in [5.74, 6) is -1.46. The Hall–Kier alpha value is -0.940. The van der Waals surface area contributed by atoms with E-state index in [1.165, 1.54) is 6.92 Å². The molecule has 0 rings (SSSR count). The van der Waals surface area contributed by atoms with Crippen molar-refractivity contribution in [2.24, 2.45) is 17.4 Å². The molecule has 0 aliphatic rings. The molecule has 82 valence electrons. The van der Waals surface area contributed by atoms with Crippen LogP contribution in [0.25, 0.3) is 0 Å². The lowest BCUT2D eigenvalue weighted by molar-refractivity contribution is -0.162. The van der Waals surface area contributed by atoms with Gasteiger partial charge < -0.3 is 16.2 Å². The second kappa shape index (κ2) is 5.72. The van der Waals surface area contributed by atoms with Crippen LogP contribution in [0, 0.1) is 5.92 Å². The first-order valence-corrected chi connectivity index (χ1v) is 4.66. The van der Waals surface area contributed by atoms with Crippen LogP contribution < -0.4 is 11.5 Å². The van der Waals surface area contributed by atoms with Gasteiger partial charge in [-0.05, 0) is 12.8 Å². The smallest absolute Gasteiger partial charge is 0.330 e. The van der Waals surface area contributed by atoms with Gasteiger partial charge >= 0.3 is 11.9 Å². The van der Waals surface area contributed by atoms with E-state index in [0.717, 1.165) is 6.42 Å². The molecule has 0 bridgehead atoms. The molecule has 0 aliphatic carbocycles. The summed E-state index contributed by atoms with van der Waals surface area (Å²) < 4.78 is 4.47. The molecule has 0 saturated carbocycles. The minimum absolute atomic E-state index is 0.0108. The van der Waals surface area contributed by atoms with Crippen molar-refractivity contribution in [3.05, 3.63) is 0 Å². The van der Waals surface area contributed by atoms with Crippen molar-refractivity contribution in [3.8, 4) is 0 Å². The summed E-state index contributed by atoms with van der Waals surface area (Å²) in [6.45, 7) is 5.18. The third-order valence-corrected chi connectivity index (χ3v) is 2.10. The molecule has 0 fully saturated rings. The Bertz CT molecular complexity index is 216. The molecule has 5 nitrogen and oxygen atoms in total. The first-order valence-electron chi connectivity index (χ1n) is 4.66. The van der Waals surface area contributed by atoms with Crippen LogP contribution >= 0.6 is 0 Å². The van der Waals surface area contributed by atoms with Gasteiger partial charge in [-0.1, -0.05) is 20.3 Å². The fourth-order valence-corrected chi connectivity index (χ4v) is 0.746. The Morgan fingerprint density at radius 3 is 2.07 bits per heavy atom. The summed E-state index contributed by atoms with van der Waals surface area (Å²) in [4.78, 5) is 22.2. The highest BCUT2D eigenvalue weighted by Crippen LogP contribution is 2.06. The van der Waals surface area contributed by atoms with Crippen LogP contribution in [0.15, 0.2) is 0 Å². The molecule has 0 heterocycles. The lowest BCUT2D eigenvalue weighted by Gasteiger charge is -2.16. The van der Waals surface area contributed by atoms with E-state index in [1.807, 2.05) is 13.8 Å². The fourth-order valence-electron chi connectivity index (χ4n) is 0.746. The summed E-state index contributed by atoms with van der Waals surface area (Å²) in [7, 11) is 0. The van der Waals surface area contributed by atoms with E-state index in [-0.39, 0.29) is 5.92 Å². The number of hydrogen-bond donors (Lipinski definition) is 2. The van der Waals surface area contributed by atoms with E-state index in [2.05, 4.69) is 4.74 Å². The second-order valence-electron chi connectivity index (χ2n) is 3.44. The van der Waals surface area contributed by atoms with Crippen LogP contribution in [0.4, 0.5) is 0 Å². The molecule has 0 saturated heterocycles. The average Bonchev–Trinajstić information content (AvgIpc) is 2.14. The number of nitrogens with two attached hydrogens (primary N) is 2. The number of hydrogen-bond acceptors (Lipinski definition) is 5. The molecule has 0 radical (unpaired) electrons. The molecular formula is C9H18N2O3. The number of esters is 2. The molecule has 0 amide bonds. The first-order chi connectivity index (χ1) is 6.40. The molecule has 0 aromatic carbocycles. The van der Waals surface area contributed by atoms with E-state index < -0.39 is 24.0 Å². The zero-order valence-corrected chi connectivity index (χ0v) is 8.82. The van der Waals surface area contributed by atoms with Gasteiger partial charge in [0.15, 0.2) is 0 Å². The minimum atomic E-state index is -0.803. The van der Waals surface area contributed by atoms with Crippen molar-refractivity contribution >= 4 is 11.9 Å². The van der Waals surface area contributed by atoms with Crippen LogP contribution in [0.2, 0.25) is 0 Å². The van der Waals surface area contributed by atoms with Gasteiger partial charge in [0.1, 0.15) is 12.1 Å². The Morgan fingerprint density at radius 1 is 1.21 bits per heavy atom. The summed E-state index contributed by atoms with van der Waals surface area (Å²) in [5, 5.41) is 0. The van der Waals surface area contributed by atoms with Gasteiger partial charge in [-0.15, -0.1) is 0 Å². The average molecular weight is 202 g/mol. The fraction of sp³-hybridized carbons (Fsp3) is 0.778. The zero-order valence-electron chi connectivity index (χ0n) is 8.82. The van der Waals surface area contributed by atoms with Gasteiger partial charge in [0.05, 0.1) is 0 Å². The Labute approximate surface area is 83.8 Å². The Morgan fingerprint density at radius 2 is 1.71 bits per heavy atom. The number of carbonyl (C=O) groups excluding carboxylic acids is 2. The van der Waals surface area contributed by atoms with E-state index in [1.54, 1.807) is 0 Å². The summed E-state index contributed by atoms with van der Waals surface area (Å²) in [5.41, 5.74) is 10.8. The maximum atomic E-state index is 11.2. The lowest BCUT2D eigenvalue weighted by Crippen LogP contribution is -2.41. The molecular weight excluding hydrogens is 184 g/mol. The van der Waals surface area contributed by atoms with Crippen molar-refractivity contribution in [2.45, 2.75) is 39.3 Å². The molecule has 3 atom stereocenters. The monoisotopic (exact) mass is 202 g/mol. The zero-order chi connectivity index (χ0) is 11.3. The van der Waals surface area contributed by atoms with E-state index in [4.69, 9.17) is 11.5 Å². The topological polar surface area (TPSA) is 95.4 Å². The highest BCUT2D eigenvalue weighted by molar-refractivity contribution is 5.90. The van der Waals surface area contributed by atoms with Crippen molar-refractivity contribution in [1.29, 1.82) is 0 Å². The largest absolute Gasteiger partial charge is 0.391 e. The molecule has 5 heteroatoms. The number of ether oxygens (including phenoxy) is 1. The highest BCUT2D eigenvalue weighted by atomic mass is 16.6. The summed E-state index contributed by atoms with van der Waals surface area (Å²) in [6, 6.07) is -1.56. The molecule has 4 N–H and O–H groups in total. The molecule has 0 aliphatic heterocycles. The van der Waals surface area contributed by atoms with Gasteiger partial charge in [0.25, 0.3) is 0 Å². The van der Waals surface area contributed by atoms with Crippen LogP contribution in [-0.2, 0) is 14.3 Å². The van der Waals surface area contributed by atoms with Crippen LogP contribution in [-0.4, -0.2) is 24.0 Å². The van der Waals surface area contributed by atoms with E-state index in [9.17, 15) is 9.59 Å². The quantitative estimate of drug-likeness (QED) is 0.485. The van der Waals surface area contributed by atoms with Crippen molar-refractivity contribution in [2.75, 3.05) is 0 Å². The van der Waals surface area contributed by atoms with E-state index in [0.29, 0.717) is 0 Å². The Balaban J connectivity index is 4.15.